The quantitative estimate of drug-likeness (QED) is 0.327. The van der Waals surface area contributed by atoms with Crippen molar-refractivity contribution < 1.29 is 14.3 Å². The van der Waals surface area contributed by atoms with Gasteiger partial charge in [-0.1, -0.05) is 42.5 Å². The second-order valence-electron chi connectivity index (χ2n) is 10.2. The Morgan fingerprint density at radius 3 is 2.38 bits per heavy atom. The Labute approximate surface area is 222 Å². The molecule has 1 amide bonds. The molecule has 5 heterocycles. The zero-order valence-corrected chi connectivity index (χ0v) is 21.1. The van der Waals surface area contributed by atoms with E-state index >= 15 is 0 Å². The van der Waals surface area contributed by atoms with E-state index < -0.39 is 0 Å². The number of hydrogen-bond acceptors (Lipinski definition) is 6. The average molecular weight is 517 g/mol. The van der Waals surface area contributed by atoms with Crippen molar-refractivity contribution in [2.24, 2.45) is 0 Å². The molecule has 192 valence electrons. The van der Waals surface area contributed by atoms with Crippen molar-refractivity contribution in [2.45, 2.75) is 6.54 Å². The molecule has 0 atom stereocenters. The molecule has 1 saturated heterocycles. The first-order valence-electron chi connectivity index (χ1n) is 13.1. The highest BCUT2D eigenvalue weighted by Gasteiger charge is 2.26. The van der Waals surface area contributed by atoms with Crippen molar-refractivity contribution in [3.05, 3.63) is 94.4 Å². The zero-order valence-electron chi connectivity index (χ0n) is 21.1. The Bertz CT molecular complexity index is 1990. The molecular weight excluding hydrogens is 492 g/mol. The maximum absolute atomic E-state index is 13.8. The molecule has 1 fully saturated rings. The number of carbonyl (C=O) groups excluding carboxylic acids is 1. The molecule has 8 heteroatoms. The van der Waals surface area contributed by atoms with Gasteiger partial charge in [-0.05, 0) is 35.9 Å². The number of aromatic nitrogens is 2. The van der Waals surface area contributed by atoms with Crippen LogP contribution in [0.1, 0.15) is 16.1 Å². The molecule has 6 aromatic rings. The number of piperazine rings is 1. The van der Waals surface area contributed by atoms with Crippen molar-refractivity contribution in [1.29, 1.82) is 0 Å². The Kier molecular flexibility index (Phi) is 4.81. The van der Waals surface area contributed by atoms with Crippen LogP contribution in [-0.4, -0.2) is 58.1 Å². The van der Waals surface area contributed by atoms with Gasteiger partial charge in [0.1, 0.15) is 5.69 Å². The largest absolute Gasteiger partial charge is 0.454 e. The van der Waals surface area contributed by atoms with E-state index in [-0.39, 0.29) is 18.3 Å². The Morgan fingerprint density at radius 2 is 1.54 bits per heavy atom. The topological polar surface area (TPSA) is 76.4 Å². The van der Waals surface area contributed by atoms with Gasteiger partial charge in [0, 0.05) is 54.3 Å². The lowest BCUT2D eigenvalue weighted by Crippen LogP contribution is -2.48. The number of amides is 1. The molecule has 0 radical (unpaired) electrons. The van der Waals surface area contributed by atoms with Crippen LogP contribution in [0.4, 0.5) is 0 Å². The molecule has 0 saturated carbocycles. The third kappa shape index (κ3) is 3.38. The second kappa shape index (κ2) is 8.41. The molecule has 39 heavy (non-hydrogen) atoms. The summed E-state index contributed by atoms with van der Waals surface area (Å²) in [5.74, 6) is 1.49. The predicted molar refractivity (Wildman–Crippen MR) is 149 cm³/mol. The summed E-state index contributed by atoms with van der Waals surface area (Å²) in [6.45, 7) is 3.84. The van der Waals surface area contributed by atoms with E-state index in [1.807, 2.05) is 71.6 Å². The molecule has 0 aliphatic carbocycles. The highest BCUT2D eigenvalue weighted by atomic mass is 16.7. The summed E-state index contributed by atoms with van der Waals surface area (Å²) in [6, 6.07) is 23.3. The first-order chi connectivity index (χ1) is 19.2. The number of ether oxygens (including phenoxy) is 2. The van der Waals surface area contributed by atoms with Crippen LogP contribution >= 0.6 is 0 Å². The van der Waals surface area contributed by atoms with Crippen LogP contribution in [0.15, 0.2) is 77.6 Å². The number of hydrogen-bond donors (Lipinski definition) is 0. The lowest BCUT2D eigenvalue weighted by atomic mass is 10.1. The smallest absolute Gasteiger partial charge is 0.272 e. The number of nitrogens with zero attached hydrogens (tertiary/aromatic N) is 4. The van der Waals surface area contributed by atoms with E-state index in [1.54, 1.807) is 4.40 Å². The van der Waals surface area contributed by atoms with Crippen LogP contribution in [0, 0.1) is 0 Å². The van der Waals surface area contributed by atoms with E-state index in [2.05, 4.69) is 11.0 Å². The van der Waals surface area contributed by atoms with Crippen molar-refractivity contribution >= 4 is 44.0 Å². The van der Waals surface area contributed by atoms with Crippen LogP contribution in [0.3, 0.4) is 0 Å². The minimum Gasteiger partial charge on any atom is -0.454 e. The normalized spacial score (nSPS) is 15.7. The van der Waals surface area contributed by atoms with Crippen LogP contribution in [0.5, 0.6) is 11.5 Å². The van der Waals surface area contributed by atoms with E-state index in [0.717, 1.165) is 63.9 Å². The van der Waals surface area contributed by atoms with E-state index in [0.29, 0.717) is 29.7 Å². The number of rotatable bonds is 3. The molecule has 8 rings (SSSR count). The molecule has 0 unspecified atom stereocenters. The number of pyridine rings is 2. The van der Waals surface area contributed by atoms with Gasteiger partial charge in [0.15, 0.2) is 11.5 Å². The van der Waals surface area contributed by atoms with Gasteiger partial charge in [-0.15, -0.1) is 0 Å². The van der Waals surface area contributed by atoms with Crippen molar-refractivity contribution in [3.8, 4) is 11.5 Å². The fourth-order valence-corrected chi connectivity index (χ4v) is 6.06. The Hall–Kier alpha value is -4.69. The van der Waals surface area contributed by atoms with Gasteiger partial charge in [-0.25, -0.2) is 4.98 Å². The molecule has 0 N–H and O–H groups in total. The number of para-hydroxylation sites is 1. The molecule has 8 nitrogen and oxygen atoms in total. The van der Waals surface area contributed by atoms with Crippen LogP contribution in [-0.2, 0) is 6.54 Å². The van der Waals surface area contributed by atoms with E-state index in [9.17, 15) is 9.59 Å². The van der Waals surface area contributed by atoms with Gasteiger partial charge in [0.2, 0.25) is 6.79 Å². The van der Waals surface area contributed by atoms with Gasteiger partial charge in [0.25, 0.3) is 11.5 Å². The summed E-state index contributed by atoms with van der Waals surface area (Å²) >= 11 is 0. The Balaban J connectivity index is 1.13. The van der Waals surface area contributed by atoms with Crippen LogP contribution < -0.4 is 15.0 Å². The van der Waals surface area contributed by atoms with Crippen LogP contribution in [0.25, 0.3) is 38.1 Å². The van der Waals surface area contributed by atoms with Crippen molar-refractivity contribution in [3.63, 3.8) is 0 Å². The maximum atomic E-state index is 13.8. The molecule has 0 bridgehead atoms. The van der Waals surface area contributed by atoms with Crippen molar-refractivity contribution in [2.75, 3.05) is 33.0 Å². The highest BCUT2D eigenvalue weighted by molar-refractivity contribution is 6.20. The molecule has 0 spiro atoms. The third-order valence-electron chi connectivity index (χ3n) is 7.99. The summed E-state index contributed by atoms with van der Waals surface area (Å²) in [5.41, 5.74) is 3.79. The monoisotopic (exact) mass is 516 g/mol. The summed E-state index contributed by atoms with van der Waals surface area (Å²) in [6.07, 6.45) is 0. The molecule has 3 aromatic carbocycles. The number of fused-ring (bicyclic) bond motifs is 6. The highest BCUT2D eigenvalue weighted by Crippen LogP contribution is 2.35. The average Bonchev–Trinajstić information content (AvgIpc) is 3.58. The predicted octanol–water partition coefficient (Wildman–Crippen LogP) is 4.28. The number of benzene rings is 3. The molecular formula is C31H24N4O4. The summed E-state index contributed by atoms with van der Waals surface area (Å²) in [4.78, 5) is 36.4. The first kappa shape index (κ1) is 22.3. The SMILES string of the molecule is O=C(c1cc2c3ccccc3n3c(=O)c4ccccc4c(n1)c23)N1CCN(Cc2ccc3c(c2)OCO3)CC1. The lowest BCUT2D eigenvalue weighted by Gasteiger charge is -2.34. The minimum atomic E-state index is -0.0814. The van der Waals surface area contributed by atoms with E-state index in [1.165, 1.54) is 0 Å². The van der Waals surface area contributed by atoms with Gasteiger partial charge in [-0.2, -0.15) is 0 Å². The lowest BCUT2D eigenvalue weighted by molar-refractivity contribution is 0.0623. The van der Waals surface area contributed by atoms with Crippen molar-refractivity contribution in [1.82, 2.24) is 19.2 Å². The van der Waals surface area contributed by atoms with Crippen LogP contribution in [0.2, 0.25) is 0 Å². The standard InChI is InChI=1S/C31H24N4O4/c36-30-22-7-2-1-6-21(22)28-29-23(20-5-3-4-8-25(20)35(29)30)16-24(32-28)31(37)34-13-11-33(12-14-34)17-19-9-10-26-27(15-19)39-18-38-26/h1-10,15-16H,11-14,17-18H2. The van der Waals surface area contributed by atoms with Gasteiger partial charge < -0.3 is 14.4 Å². The van der Waals surface area contributed by atoms with Gasteiger partial charge in [0.05, 0.1) is 16.6 Å². The maximum Gasteiger partial charge on any atom is 0.272 e. The van der Waals surface area contributed by atoms with Gasteiger partial charge in [-0.3, -0.25) is 18.9 Å². The fraction of sp³-hybridized carbons (Fsp3) is 0.194. The number of carbonyl (C=O) groups is 1. The Morgan fingerprint density at radius 1 is 0.795 bits per heavy atom. The van der Waals surface area contributed by atoms with E-state index in [4.69, 9.17) is 14.5 Å². The summed E-state index contributed by atoms with van der Waals surface area (Å²) < 4.78 is 12.7. The molecule has 2 aliphatic rings. The zero-order chi connectivity index (χ0) is 26.1. The fourth-order valence-electron chi connectivity index (χ4n) is 6.06. The summed E-state index contributed by atoms with van der Waals surface area (Å²) in [5, 5.41) is 3.19. The summed E-state index contributed by atoms with van der Waals surface area (Å²) in [7, 11) is 0. The van der Waals surface area contributed by atoms with Gasteiger partial charge >= 0.3 is 0 Å². The first-order valence-corrected chi connectivity index (χ1v) is 13.1. The molecule has 2 aliphatic heterocycles. The molecule has 3 aromatic heterocycles. The minimum absolute atomic E-state index is 0.0660. The second-order valence-corrected chi connectivity index (χ2v) is 10.2. The third-order valence-corrected chi connectivity index (χ3v) is 7.99.